The van der Waals surface area contributed by atoms with Gasteiger partial charge in [0, 0.05) is 0 Å². The second-order valence-corrected chi connectivity index (χ2v) is 6.74. The van der Waals surface area contributed by atoms with Crippen molar-refractivity contribution < 1.29 is 14.3 Å². The third kappa shape index (κ3) is 2.44. The van der Waals surface area contributed by atoms with Gasteiger partial charge in [-0.2, -0.15) is 12.6 Å². The number of rotatable bonds is 1. The maximum absolute atomic E-state index is 11.6. The highest BCUT2D eigenvalue weighted by molar-refractivity contribution is 8.17. The minimum absolute atomic E-state index is 0.339. The molecule has 1 fully saturated rings. The molecule has 0 bridgehead atoms. The van der Waals surface area contributed by atoms with Crippen LogP contribution >= 0.6 is 50.5 Å². The van der Waals surface area contributed by atoms with Crippen LogP contribution in [-0.2, 0) is 14.3 Å². The van der Waals surface area contributed by atoms with Crippen molar-refractivity contribution in [2.24, 2.45) is 0 Å². The van der Waals surface area contributed by atoms with E-state index in [0.29, 0.717) is 0 Å². The molecule has 1 saturated heterocycles. The van der Waals surface area contributed by atoms with Crippen molar-refractivity contribution >= 4 is 62.1 Å². The summed E-state index contributed by atoms with van der Waals surface area (Å²) < 4.78 is 3.97. The van der Waals surface area contributed by atoms with Crippen molar-refractivity contribution in [3.63, 3.8) is 0 Å². The molecule has 0 radical (unpaired) electrons. The molecule has 1 aliphatic rings. The van der Waals surface area contributed by atoms with E-state index in [1.54, 1.807) is 6.92 Å². The summed E-state index contributed by atoms with van der Waals surface area (Å²) >= 11 is 15.9. The Balaban J connectivity index is 2.92. The normalized spacial score (nSPS) is 34.8. The maximum atomic E-state index is 11.6. The van der Waals surface area contributed by atoms with Gasteiger partial charge in [-0.25, -0.2) is 0 Å². The first-order chi connectivity index (χ1) is 6.25. The quantitative estimate of drug-likeness (QED) is 0.321. The van der Waals surface area contributed by atoms with E-state index in [4.69, 9.17) is 4.74 Å². The molecule has 7 heteroatoms. The smallest absolute Gasteiger partial charge is 0.184 e. The first kappa shape index (κ1) is 12.8. The molecule has 3 nitrogen and oxygen atoms in total. The molecule has 1 heterocycles. The average molecular weight is 270 g/mol. The van der Waals surface area contributed by atoms with E-state index in [-0.39, 0.29) is 5.78 Å². The fourth-order valence-electron chi connectivity index (χ4n) is 1.13. The Morgan fingerprint density at radius 2 is 1.71 bits per heavy atom. The molecule has 1 aliphatic heterocycles. The number of Topliss-reactive ketones (excluding diaryl/α,β-unsaturated/α-hetero) is 2. The molecule has 0 aromatic carbocycles. The van der Waals surface area contributed by atoms with Crippen molar-refractivity contribution in [3.05, 3.63) is 0 Å². The first-order valence-electron chi connectivity index (χ1n) is 3.83. The minimum Gasteiger partial charge on any atom is -0.356 e. The fourth-order valence-corrected chi connectivity index (χ4v) is 2.04. The summed E-state index contributed by atoms with van der Waals surface area (Å²) in [6.45, 7) is 1.56. The second-order valence-electron chi connectivity index (χ2n) is 3.05. The Bertz CT molecular complexity index is 273. The van der Waals surface area contributed by atoms with Gasteiger partial charge in [-0.1, -0.05) is 0 Å². The Morgan fingerprint density at radius 1 is 1.21 bits per heavy atom. The van der Waals surface area contributed by atoms with Crippen LogP contribution in [0, 0.1) is 0 Å². The van der Waals surface area contributed by atoms with E-state index in [1.165, 1.54) is 0 Å². The molecule has 14 heavy (non-hydrogen) atoms. The van der Waals surface area contributed by atoms with Crippen LogP contribution in [0.15, 0.2) is 0 Å². The van der Waals surface area contributed by atoms with Crippen molar-refractivity contribution in [2.75, 3.05) is 0 Å². The van der Waals surface area contributed by atoms with Gasteiger partial charge >= 0.3 is 0 Å². The molecule has 0 aliphatic carbocycles. The molecule has 3 atom stereocenters. The van der Waals surface area contributed by atoms with Crippen LogP contribution in [-0.4, -0.2) is 32.4 Å². The lowest BCUT2D eigenvalue weighted by molar-refractivity contribution is -0.151. The molecule has 0 aromatic heterocycles. The van der Waals surface area contributed by atoms with Crippen molar-refractivity contribution in [2.45, 2.75) is 27.8 Å². The van der Waals surface area contributed by atoms with E-state index < -0.39 is 26.7 Å². The number of carbonyl (C=O) groups is 2. The standard InChI is InChI=1S/C7H10O3S4/c1-2-3(8)5(11)4(9)6(10-2)7(12,13)14/h2,5-6,11-14H,1H3. The Kier molecular flexibility index (Phi) is 3.91. The SMILES string of the molecule is CC1OC(C(S)(S)S)C(=O)C(S)C1=O. The van der Waals surface area contributed by atoms with Gasteiger partial charge in [-0.05, 0) is 6.92 Å². The molecule has 0 spiro atoms. The summed E-state index contributed by atoms with van der Waals surface area (Å²) in [6, 6.07) is 0. The van der Waals surface area contributed by atoms with Crippen molar-refractivity contribution in [3.8, 4) is 0 Å². The number of carbonyl (C=O) groups excluding carboxylic acids is 2. The highest BCUT2D eigenvalue weighted by atomic mass is 32.2. The zero-order valence-electron chi connectivity index (χ0n) is 7.25. The van der Waals surface area contributed by atoms with Gasteiger partial charge in [0.15, 0.2) is 17.7 Å². The molecular weight excluding hydrogens is 260 g/mol. The molecule has 0 amide bonds. The highest BCUT2D eigenvalue weighted by Gasteiger charge is 2.46. The van der Waals surface area contributed by atoms with E-state index >= 15 is 0 Å². The zero-order valence-corrected chi connectivity index (χ0v) is 10.8. The monoisotopic (exact) mass is 270 g/mol. The molecule has 3 unspecified atom stereocenters. The number of hydrogen-bond donors (Lipinski definition) is 4. The van der Waals surface area contributed by atoms with Crippen LogP contribution < -0.4 is 0 Å². The fraction of sp³-hybridized carbons (Fsp3) is 0.714. The predicted molar refractivity (Wildman–Crippen MR) is 66.8 cm³/mol. The van der Waals surface area contributed by atoms with Crippen LogP contribution in [0.25, 0.3) is 0 Å². The number of thiol groups is 4. The summed E-state index contributed by atoms with van der Waals surface area (Å²) in [4.78, 5) is 22.9. The predicted octanol–water partition coefficient (Wildman–Crippen LogP) is 0.653. The van der Waals surface area contributed by atoms with Gasteiger partial charge in [0.1, 0.15) is 14.8 Å². The number of ether oxygens (including phenoxy) is 1. The van der Waals surface area contributed by atoms with Gasteiger partial charge in [-0.15, -0.1) is 37.9 Å². The van der Waals surface area contributed by atoms with Gasteiger partial charge < -0.3 is 4.74 Å². The molecule has 0 aromatic rings. The summed E-state index contributed by atoms with van der Waals surface area (Å²) in [5.74, 6) is -0.787. The number of hydrogen-bond acceptors (Lipinski definition) is 7. The lowest BCUT2D eigenvalue weighted by atomic mass is 10.0. The van der Waals surface area contributed by atoms with E-state index in [0.717, 1.165) is 0 Å². The van der Waals surface area contributed by atoms with E-state index in [9.17, 15) is 9.59 Å². The van der Waals surface area contributed by atoms with Gasteiger partial charge in [0.2, 0.25) is 0 Å². The lowest BCUT2D eigenvalue weighted by Crippen LogP contribution is -2.53. The zero-order chi connectivity index (χ0) is 11.1. The topological polar surface area (TPSA) is 43.4 Å². The largest absolute Gasteiger partial charge is 0.356 e. The van der Waals surface area contributed by atoms with Crippen LogP contribution in [0.2, 0.25) is 0 Å². The number of ketones is 2. The Labute approximate surface area is 104 Å². The van der Waals surface area contributed by atoms with Crippen molar-refractivity contribution in [1.29, 1.82) is 0 Å². The van der Waals surface area contributed by atoms with E-state index in [1.807, 2.05) is 0 Å². The lowest BCUT2D eigenvalue weighted by Gasteiger charge is -2.34. The van der Waals surface area contributed by atoms with Crippen LogP contribution in [0.5, 0.6) is 0 Å². The first-order valence-corrected chi connectivity index (χ1v) is 5.69. The third-order valence-electron chi connectivity index (χ3n) is 1.89. The molecule has 1 rings (SSSR count). The minimum atomic E-state index is -1.20. The molecule has 0 N–H and O–H groups in total. The molecular formula is C7H10O3S4. The van der Waals surface area contributed by atoms with Crippen LogP contribution in [0.4, 0.5) is 0 Å². The maximum Gasteiger partial charge on any atom is 0.184 e. The Hall–Kier alpha value is 0.700. The van der Waals surface area contributed by atoms with Gasteiger partial charge in [0.25, 0.3) is 0 Å². The van der Waals surface area contributed by atoms with Crippen LogP contribution in [0.3, 0.4) is 0 Å². The highest BCUT2D eigenvalue weighted by Crippen LogP contribution is 2.35. The van der Waals surface area contributed by atoms with Gasteiger partial charge in [-0.3, -0.25) is 9.59 Å². The third-order valence-corrected chi connectivity index (χ3v) is 3.10. The van der Waals surface area contributed by atoms with Gasteiger partial charge in [0.05, 0.1) is 0 Å². The van der Waals surface area contributed by atoms with Crippen molar-refractivity contribution in [1.82, 2.24) is 0 Å². The summed E-state index contributed by atoms with van der Waals surface area (Å²) in [5.41, 5.74) is 0. The average Bonchev–Trinajstić information content (AvgIpc) is 2.06. The molecule has 80 valence electrons. The summed E-state index contributed by atoms with van der Waals surface area (Å²) in [7, 11) is 0. The Morgan fingerprint density at radius 3 is 2.14 bits per heavy atom. The summed E-state index contributed by atoms with van der Waals surface area (Å²) in [5, 5.41) is -0.963. The molecule has 0 saturated carbocycles. The second kappa shape index (κ2) is 4.29. The summed E-state index contributed by atoms with van der Waals surface area (Å²) in [6.07, 6.45) is -1.61. The van der Waals surface area contributed by atoms with E-state index in [2.05, 4.69) is 50.5 Å². The van der Waals surface area contributed by atoms with Crippen LogP contribution in [0.1, 0.15) is 6.92 Å².